The Morgan fingerprint density at radius 1 is 1.28 bits per heavy atom. The molecule has 2 aliphatic rings. The SMILES string of the molecule is CC(C)N1CCc2c(COCC3CC3)cncc2C1.O=CO.O=CO. The average Bonchev–Trinajstić information content (AvgIpc) is 3.40. The molecule has 0 amide bonds. The summed E-state index contributed by atoms with van der Waals surface area (Å²) in [7, 11) is 0. The Bertz CT molecular complexity index is 526. The lowest BCUT2D eigenvalue weighted by Gasteiger charge is -2.32. The summed E-state index contributed by atoms with van der Waals surface area (Å²) < 4.78 is 5.83. The maximum atomic E-state index is 8.36. The van der Waals surface area contributed by atoms with E-state index < -0.39 is 0 Å². The van der Waals surface area contributed by atoms with Gasteiger partial charge in [0, 0.05) is 38.1 Å². The largest absolute Gasteiger partial charge is 0.483 e. The van der Waals surface area contributed by atoms with E-state index in [4.69, 9.17) is 24.5 Å². The van der Waals surface area contributed by atoms with Crippen molar-refractivity contribution >= 4 is 12.9 Å². The molecule has 1 aliphatic carbocycles. The highest BCUT2D eigenvalue weighted by Crippen LogP contribution is 2.29. The first-order chi connectivity index (χ1) is 12.1. The Morgan fingerprint density at radius 3 is 2.48 bits per heavy atom. The Kier molecular flexibility index (Phi) is 9.72. The van der Waals surface area contributed by atoms with Crippen LogP contribution in [0, 0.1) is 5.92 Å². The third-order valence-corrected chi connectivity index (χ3v) is 4.30. The molecule has 0 radical (unpaired) electrons. The quantitative estimate of drug-likeness (QED) is 0.783. The number of nitrogens with zero attached hydrogens (tertiary/aromatic N) is 2. The van der Waals surface area contributed by atoms with Crippen molar-refractivity contribution < 1.29 is 24.5 Å². The third-order valence-electron chi connectivity index (χ3n) is 4.30. The van der Waals surface area contributed by atoms with E-state index in [2.05, 4.69) is 23.7 Å². The zero-order valence-corrected chi connectivity index (χ0v) is 14.9. The van der Waals surface area contributed by atoms with Crippen LogP contribution in [-0.4, -0.2) is 52.2 Å². The highest BCUT2D eigenvalue weighted by Gasteiger charge is 2.23. The molecule has 1 aromatic rings. The number of hydrogen-bond donors (Lipinski definition) is 2. The minimum atomic E-state index is -0.250. The molecule has 0 spiro atoms. The molecular formula is C18H28N2O5. The van der Waals surface area contributed by atoms with Gasteiger partial charge >= 0.3 is 0 Å². The fraction of sp³-hybridized carbons (Fsp3) is 0.611. The molecular weight excluding hydrogens is 324 g/mol. The molecule has 2 N–H and O–H groups in total. The van der Waals surface area contributed by atoms with Crippen LogP contribution in [-0.2, 0) is 33.9 Å². The van der Waals surface area contributed by atoms with Gasteiger partial charge in [-0.2, -0.15) is 0 Å². The van der Waals surface area contributed by atoms with E-state index in [9.17, 15) is 0 Å². The summed E-state index contributed by atoms with van der Waals surface area (Å²) in [5.41, 5.74) is 4.19. The van der Waals surface area contributed by atoms with Crippen LogP contribution in [0.2, 0.25) is 0 Å². The highest BCUT2D eigenvalue weighted by atomic mass is 16.5. The lowest BCUT2D eigenvalue weighted by atomic mass is 9.97. The second-order valence-electron chi connectivity index (χ2n) is 6.42. The molecule has 1 fully saturated rings. The van der Waals surface area contributed by atoms with E-state index in [-0.39, 0.29) is 12.9 Å². The van der Waals surface area contributed by atoms with Gasteiger partial charge in [0.25, 0.3) is 12.9 Å². The maximum Gasteiger partial charge on any atom is 0.290 e. The van der Waals surface area contributed by atoms with Gasteiger partial charge in [0.2, 0.25) is 0 Å². The van der Waals surface area contributed by atoms with Gasteiger partial charge in [-0.3, -0.25) is 19.5 Å². The number of carbonyl (C=O) groups is 2. The zero-order chi connectivity index (χ0) is 18.7. The topological polar surface area (TPSA) is 100.0 Å². The smallest absolute Gasteiger partial charge is 0.290 e. The standard InChI is InChI=1S/C16H24N2O.2CH2O2/c1-12(2)18-6-5-16-14(9-18)7-17-8-15(16)11-19-10-13-3-4-13;2*2-1-3/h7-8,12-13H,3-6,9-11H2,1-2H3;2*1H,(H,2,3). The van der Waals surface area contributed by atoms with Crippen molar-refractivity contribution in [3.63, 3.8) is 0 Å². The molecule has 7 nitrogen and oxygen atoms in total. The lowest BCUT2D eigenvalue weighted by molar-refractivity contribution is -0.123. The van der Waals surface area contributed by atoms with Crippen LogP contribution in [0.25, 0.3) is 0 Å². The van der Waals surface area contributed by atoms with E-state index in [0.717, 1.165) is 38.6 Å². The second kappa shape index (κ2) is 11.5. The van der Waals surface area contributed by atoms with Crippen molar-refractivity contribution in [2.45, 2.75) is 52.3 Å². The van der Waals surface area contributed by atoms with Crippen molar-refractivity contribution in [1.82, 2.24) is 9.88 Å². The monoisotopic (exact) mass is 352 g/mol. The van der Waals surface area contributed by atoms with Crippen LogP contribution in [0.5, 0.6) is 0 Å². The molecule has 0 unspecified atom stereocenters. The van der Waals surface area contributed by atoms with Gasteiger partial charge in [0.1, 0.15) is 0 Å². The summed E-state index contributed by atoms with van der Waals surface area (Å²) >= 11 is 0. The molecule has 0 aromatic carbocycles. The van der Waals surface area contributed by atoms with Gasteiger partial charge in [-0.05, 0) is 55.7 Å². The minimum Gasteiger partial charge on any atom is -0.483 e. The van der Waals surface area contributed by atoms with Gasteiger partial charge in [-0.25, -0.2) is 0 Å². The molecule has 7 heteroatoms. The van der Waals surface area contributed by atoms with Crippen molar-refractivity contribution in [3.05, 3.63) is 29.1 Å². The molecule has 0 saturated heterocycles. The van der Waals surface area contributed by atoms with E-state index in [1.807, 2.05) is 12.4 Å². The first-order valence-corrected chi connectivity index (χ1v) is 8.49. The van der Waals surface area contributed by atoms with Gasteiger partial charge in [-0.1, -0.05) is 0 Å². The molecule has 0 bridgehead atoms. The first kappa shape index (κ1) is 21.1. The molecule has 3 rings (SSSR count). The van der Waals surface area contributed by atoms with Gasteiger partial charge in [-0.15, -0.1) is 0 Å². The van der Waals surface area contributed by atoms with Crippen LogP contribution in [0.15, 0.2) is 12.4 Å². The van der Waals surface area contributed by atoms with Gasteiger partial charge in [0.05, 0.1) is 6.61 Å². The number of carboxylic acid groups (broad SMARTS) is 2. The van der Waals surface area contributed by atoms with E-state index in [1.165, 1.54) is 29.5 Å². The number of hydrogen-bond acceptors (Lipinski definition) is 5. The molecule has 1 aromatic heterocycles. The molecule has 1 aliphatic heterocycles. The maximum absolute atomic E-state index is 8.36. The van der Waals surface area contributed by atoms with Crippen LogP contribution < -0.4 is 0 Å². The summed E-state index contributed by atoms with van der Waals surface area (Å²) in [5, 5.41) is 13.8. The zero-order valence-electron chi connectivity index (χ0n) is 14.9. The van der Waals surface area contributed by atoms with Crippen molar-refractivity contribution in [3.8, 4) is 0 Å². The average molecular weight is 352 g/mol. The first-order valence-electron chi connectivity index (χ1n) is 8.49. The number of ether oxygens (including phenoxy) is 1. The van der Waals surface area contributed by atoms with Gasteiger partial charge in [0.15, 0.2) is 0 Å². The van der Waals surface area contributed by atoms with Crippen LogP contribution in [0.1, 0.15) is 43.4 Å². The van der Waals surface area contributed by atoms with Crippen molar-refractivity contribution in [1.29, 1.82) is 0 Å². The number of pyridine rings is 1. The van der Waals surface area contributed by atoms with E-state index in [1.54, 1.807) is 0 Å². The Morgan fingerprint density at radius 2 is 1.92 bits per heavy atom. The fourth-order valence-corrected chi connectivity index (χ4v) is 2.78. The molecule has 2 heterocycles. The van der Waals surface area contributed by atoms with Crippen LogP contribution in [0.3, 0.4) is 0 Å². The fourth-order valence-electron chi connectivity index (χ4n) is 2.78. The summed E-state index contributed by atoms with van der Waals surface area (Å²) in [5.74, 6) is 0.837. The van der Waals surface area contributed by atoms with Crippen LogP contribution >= 0.6 is 0 Å². The Balaban J connectivity index is 0.000000460. The third kappa shape index (κ3) is 7.62. The highest BCUT2D eigenvalue weighted by molar-refractivity contribution is 5.34. The molecule has 1 saturated carbocycles. The second-order valence-corrected chi connectivity index (χ2v) is 6.42. The van der Waals surface area contributed by atoms with Crippen molar-refractivity contribution in [2.24, 2.45) is 5.92 Å². The summed E-state index contributed by atoms with van der Waals surface area (Å²) in [6.45, 7) is 7.90. The van der Waals surface area contributed by atoms with E-state index >= 15 is 0 Å². The summed E-state index contributed by atoms with van der Waals surface area (Å²) in [6.07, 6.45) is 7.88. The van der Waals surface area contributed by atoms with Crippen molar-refractivity contribution in [2.75, 3.05) is 13.2 Å². The Labute approximate surface area is 148 Å². The predicted octanol–water partition coefficient (Wildman–Crippen LogP) is 2.18. The Hall–Kier alpha value is -1.99. The number of rotatable bonds is 5. The number of aromatic nitrogens is 1. The van der Waals surface area contributed by atoms with E-state index in [0.29, 0.717) is 6.04 Å². The van der Waals surface area contributed by atoms with Crippen LogP contribution in [0.4, 0.5) is 0 Å². The predicted molar refractivity (Wildman–Crippen MR) is 93.3 cm³/mol. The molecule has 0 atom stereocenters. The molecule has 140 valence electrons. The summed E-state index contributed by atoms with van der Waals surface area (Å²) in [4.78, 5) is 23.6. The minimum absolute atomic E-state index is 0.250. The summed E-state index contributed by atoms with van der Waals surface area (Å²) in [6, 6.07) is 0.614. The lowest BCUT2D eigenvalue weighted by Crippen LogP contribution is -2.36. The normalized spacial score (nSPS) is 16.0. The number of fused-ring (bicyclic) bond motifs is 1. The molecule has 25 heavy (non-hydrogen) atoms. The van der Waals surface area contributed by atoms with Gasteiger partial charge < -0.3 is 14.9 Å².